The highest BCUT2D eigenvalue weighted by Crippen LogP contribution is 2.30. The number of aliphatic hydroxyl groups excluding tert-OH is 1. The van der Waals surface area contributed by atoms with Crippen molar-refractivity contribution in [2.45, 2.75) is 25.9 Å². The smallest absolute Gasteiger partial charge is 0.125 e. The number of methoxy groups -OCH3 is 1. The number of hydrogen-bond acceptors (Lipinski definition) is 2. The van der Waals surface area contributed by atoms with Crippen molar-refractivity contribution in [3.05, 3.63) is 63.6 Å². The summed E-state index contributed by atoms with van der Waals surface area (Å²) in [5.74, 6) is 0.706. The lowest BCUT2D eigenvalue weighted by Crippen LogP contribution is -2.04. The predicted octanol–water partition coefficient (Wildman–Crippen LogP) is 4.30. The molecule has 0 heterocycles. The van der Waals surface area contributed by atoms with Gasteiger partial charge in [-0.1, -0.05) is 53.2 Å². The molecule has 0 aliphatic rings. The van der Waals surface area contributed by atoms with Crippen LogP contribution in [0.1, 0.15) is 29.7 Å². The van der Waals surface area contributed by atoms with Crippen molar-refractivity contribution < 1.29 is 9.84 Å². The summed E-state index contributed by atoms with van der Waals surface area (Å²) < 4.78 is 6.27. The Morgan fingerprint density at radius 2 is 1.75 bits per heavy atom. The molecule has 106 valence electrons. The molecule has 0 spiro atoms. The number of benzene rings is 2. The molecule has 1 N–H and O–H groups in total. The summed E-state index contributed by atoms with van der Waals surface area (Å²) in [5, 5.41) is 10.4. The van der Waals surface area contributed by atoms with Gasteiger partial charge in [-0.05, 0) is 29.7 Å². The first-order valence-corrected chi connectivity index (χ1v) is 7.52. The van der Waals surface area contributed by atoms with E-state index in [1.54, 1.807) is 7.11 Å². The Kier molecular flexibility index (Phi) is 5.21. The number of aliphatic hydroxyl groups is 1. The first-order chi connectivity index (χ1) is 9.63. The number of halogens is 1. The Labute approximate surface area is 128 Å². The average molecular weight is 335 g/mol. The fourth-order valence-corrected chi connectivity index (χ4v) is 2.54. The van der Waals surface area contributed by atoms with E-state index < -0.39 is 6.10 Å². The lowest BCUT2D eigenvalue weighted by molar-refractivity contribution is 0.174. The van der Waals surface area contributed by atoms with Crippen LogP contribution in [0, 0.1) is 0 Å². The molecule has 0 aromatic heterocycles. The van der Waals surface area contributed by atoms with Gasteiger partial charge in [-0.2, -0.15) is 0 Å². The molecule has 0 bridgehead atoms. The molecule has 0 aliphatic carbocycles. The topological polar surface area (TPSA) is 29.5 Å². The number of hydrogen-bond donors (Lipinski definition) is 1. The van der Waals surface area contributed by atoms with E-state index in [0.29, 0.717) is 12.2 Å². The van der Waals surface area contributed by atoms with Gasteiger partial charge in [0.15, 0.2) is 0 Å². The van der Waals surface area contributed by atoms with E-state index in [9.17, 15) is 5.11 Å². The lowest BCUT2D eigenvalue weighted by Gasteiger charge is -2.15. The summed E-state index contributed by atoms with van der Waals surface area (Å²) >= 11 is 3.41. The highest BCUT2D eigenvalue weighted by Gasteiger charge is 2.14. The minimum Gasteiger partial charge on any atom is -0.496 e. The highest BCUT2D eigenvalue weighted by molar-refractivity contribution is 9.10. The van der Waals surface area contributed by atoms with Crippen molar-refractivity contribution in [1.82, 2.24) is 0 Å². The van der Waals surface area contributed by atoms with Crippen LogP contribution in [0.4, 0.5) is 0 Å². The predicted molar refractivity (Wildman–Crippen MR) is 85.2 cm³/mol. The highest BCUT2D eigenvalue weighted by atomic mass is 79.9. The third-order valence-corrected chi connectivity index (χ3v) is 3.91. The molecule has 2 aromatic carbocycles. The molecule has 2 aromatic rings. The molecule has 2 rings (SSSR count). The second-order valence-corrected chi connectivity index (χ2v) is 5.69. The molecule has 0 aliphatic heterocycles. The fourth-order valence-electron chi connectivity index (χ4n) is 2.20. The number of rotatable bonds is 5. The summed E-state index contributed by atoms with van der Waals surface area (Å²) in [5.41, 5.74) is 3.25. The zero-order chi connectivity index (χ0) is 14.5. The molecule has 0 amide bonds. The number of aryl methyl sites for hydroxylation is 1. The van der Waals surface area contributed by atoms with Crippen molar-refractivity contribution in [1.29, 1.82) is 0 Å². The summed E-state index contributed by atoms with van der Waals surface area (Å²) in [6.45, 7) is 2.14. The Morgan fingerprint density at radius 3 is 2.35 bits per heavy atom. The number of ether oxygens (including phenoxy) is 1. The normalized spacial score (nSPS) is 12.2. The molecule has 0 saturated carbocycles. The summed E-state index contributed by atoms with van der Waals surface area (Å²) in [6, 6.07) is 14.1. The summed E-state index contributed by atoms with van der Waals surface area (Å²) in [7, 11) is 1.62. The second kappa shape index (κ2) is 6.91. The van der Waals surface area contributed by atoms with Gasteiger partial charge in [0.1, 0.15) is 5.75 Å². The molecular weight excluding hydrogens is 316 g/mol. The van der Waals surface area contributed by atoms with E-state index >= 15 is 0 Å². The van der Waals surface area contributed by atoms with Gasteiger partial charge in [-0.25, -0.2) is 0 Å². The minimum absolute atomic E-state index is 0.564. The monoisotopic (exact) mass is 334 g/mol. The van der Waals surface area contributed by atoms with Crippen LogP contribution >= 0.6 is 15.9 Å². The lowest BCUT2D eigenvalue weighted by atomic mass is 9.99. The second-order valence-electron chi connectivity index (χ2n) is 4.78. The van der Waals surface area contributed by atoms with Crippen molar-refractivity contribution >= 4 is 15.9 Å². The van der Waals surface area contributed by atoms with Crippen LogP contribution < -0.4 is 4.74 Å². The molecule has 0 fully saturated rings. The Hall–Kier alpha value is -1.32. The first kappa shape index (κ1) is 15.1. The molecule has 0 saturated heterocycles. The minimum atomic E-state index is -0.564. The van der Waals surface area contributed by atoms with Gasteiger partial charge >= 0.3 is 0 Å². The molecular formula is C17H19BrO2. The van der Waals surface area contributed by atoms with Crippen LogP contribution in [-0.2, 0) is 12.8 Å². The van der Waals surface area contributed by atoms with Crippen LogP contribution in [0.5, 0.6) is 5.75 Å². The Balaban J connectivity index is 2.16. The Morgan fingerprint density at radius 1 is 1.10 bits per heavy atom. The van der Waals surface area contributed by atoms with Gasteiger partial charge in [0.2, 0.25) is 0 Å². The van der Waals surface area contributed by atoms with Crippen molar-refractivity contribution in [2.24, 2.45) is 0 Å². The SMILES string of the molecule is CCc1ccc(CC(O)c2ccc(Br)cc2OC)cc1. The van der Waals surface area contributed by atoms with Gasteiger partial charge < -0.3 is 9.84 Å². The fraction of sp³-hybridized carbons (Fsp3) is 0.294. The maximum atomic E-state index is 10.4. The standard InChI is InChI=1S/C17H19BrO2/c1-3-12-4-6-13(7-5-12)10-16(19)15-9-8-14(18)11-17(15)20-2/h4-9,11,16,19H,3,10H2,1-2H3. The van der Waals surface area contributed by atoms with Crippen molar-refractivity contribution in [3.63, 3.8) is 0 Å². The van der Waals surface area contributed by atoms with Gasteiger partial charge in [-0.15, -0.1) is 0 Å². The van der Waals surface area contributed by atoms with Gasteiger partial charge in [0.05, 0.1) is 13.2 Å². The van der Waals surface area contributed by atoms with Crippen LogP contribution in [0.15, 0.2) is 46.9 Å². The molecule has 20 heavy (non-hydrogen) atoms. The van der Waals surface area contributed by atoms with Gasteiger partial charge in [-0.3, -0.25) is 0 Å². The Bertz CT molecular complexity index is 564. The van der Waals surface area contributed by atoms with Crippen LogP contribution in [0.3, 0.4) is 0 Å². The van der Waals surface area contributed by atoms with E-state index in [-0.39, 0.29) is 0 Å². The van der Waals surface area contributed by atoms with Crippen molar-refractivity contribution in [2.75, 3.05) is 7.11 Å². The van der Waals surface area contributed by atoms with E-state index in [1.807, 2.05) is 18.2 Å². The maximum absolute atomic E-state index is 10.4. The van der Waals surface area contributed by atoms with Gasteiger partial charge in [0, 0.05) is 16.5 Å². The van der Waals surface area contributed by atoms with E-state index in [2.05, 4.69) is 47.1 Å². The third-order valence-electron chi connectivity index (χ3n) is 3.41. The third kappa shape index (κ3) is 3.62. The van der Waals surface area contributed by atoms with Crippen LogP contribution in [0.2, 0.25) is 0 Å². The zero-order valence-corrected chi connectivity index (χ0v) is 13.4. The molecule has 2 nitrogen and oxygen atoms in total. The molecule has 0 radical (unpaired) electrons. The molecule has 1 atom stereocenters. The zero-order valence-electron chi connectivity index (χ0n) is 11.8. The summed E-state index contributed by atoms with van der Waals surface area (Å²) in [6.07, 6.45) is 1.05. The quantitative estimate of drug-likeness (QED) is 0.883. The van der Waals surface area contributed by atoms with Crippen molar-refractivity contribution in [3.8, 4) is 5.75 Å². The molecule has 3 heteroatoms. The maximum Gasteiger partial charge on any atom is 0.125 e. The first-order valence-electron chi connectivity index (χ1n) is 6.73. The van der Waals surface area contributed by atoms with Crippen LogP contribution in [0.25, 0.3) is 0 Å². The van der Waals surface area contributed by atoms with E-state index in [0.717, 1.165) is 22.0 Å². The van der Waals surface area contributed by atoms with Crippen LogP contribution in [-0.4, -0.2) is 12.2 Å². The van der Waals surface area contributed by atoms with E-state index in [1.165, 1.54) is 5.56 Å². The van der Waals surface area contributed by atoms with Gasteiger partial charge in [0.25, 0.3) is 0 Å². The molecule has 1 unspecified atom stereocenters. The van der Waals surface area contributed by atoms with E-state index in [4.69, 9.17) is 4.74 Å². The average Bonchev–Trinajstić information content (AvgIpc) is 2.47. The largest absolute Gasteiger partial charge is 0.496 e. The summed E-state index contributed by atoms with van der Waals surface area (Å²) in [4.78, 5) is 0.